The summed E-state index contributed by atoms with van der Waals surface area (Å²) < 4.78 is 1.81. The second-order valence-electron chi connectivity index (χ2n) is 4.87. The fourth-order valence-electron chi connectivity index (χ4n) is 2.02. The van der Waals surface area contributed by atoms with Crippen molar-refractivity contribution >= 4 is 29.2 Å². The first-order chi connectivity index (χ1) is 10.8. The van der Waals surface area contributed by atoms with Crippen molar-refractivity contribution in [1.29, 1.82) is 0 Å². The average Bonchev–Trinajstić information content (AvgIpc) is 3.17. The molecule has 2 aromatic heterocycles. The molecule has 112 valence electrons. The van der Waals surface area contributed by atoms with E-state index in [-0.39, 0.29) is 0 Å². The molecule has 3 aromatic rings. The predicted octanol–water partition coefficient (Wildman–Crippen LogP) is 4.49. The summed E-state index contributed by atoms with van der Waals surface area (Å²) in [6.45, 7) is 0. The zero-order valence-electron chi connectivity index (χ0n) is 12.3. The summed E-state index contributed by atoms with van der Waals surface area (Å²) in [6.07, 6.45) is 8.22. The van der Waals surface area contributed by atoms with Gasteiger partial charge in [-0.15, -0.1) is 11.3 Å². The Morgan fingerprint density at radius 1 is 1.27 bits per heavy atom. The average molecular weight is 327 g/mol. The molecule has 0 aliphatic rings. The minimum atomic E-state index is 0.940. The second-order valence-corrected chi connectivity index (χ2v) is 6.76. The van der Waals surface area contributed by atoms with Gasteiger partial charge in [-0.05, 0) is 5.56 Å². The van der Waals surface area contributed by atoms with Crippen LogP contribution in [0.5, 0.6) is 0 Å². The first kappa shape index (κ1) is 15.1. The Morgan fingerprint density at radius 3 is 2.91 bits per heavy atom. The van der Waals surface area contributed by atoms with Gasteiger partial charge in [-0.3, -0.25) is 4.68 Å². The fourth-order valence-corrected chi connectivity index (χ4v) is 3.63. The molecule has 0 saturated carbocycles. The molecule has 0 unspecified atom stereocenters. The fraction of sp³-hybridized carbons (Fsp3) is 0.176. The maximum Gasteiger partial charge on any atom is 0.126 e. The molecule has 0 saturated heterocycles. The van der Waals surface area contributed by atoms with Crippen molar-refractivity contribution in [2.24, 2.45) is 7.05 Å². The largest absolute Gasteiger partial charge is 0.275 e. The molecule has 3 rings (SSSR count). The number of aryl methyl sites for hydroxylation is 1. The molecule has 2 heterocycles. The van der Waals surface area contributed by atoms with Gasteiger partial charge in [-0.25, -0.2) is 4.98 Å². The van der Waals surface area contributed by atoms with Gasteiger partial charge in [0.25, 0.3) is 0 Å². The van der Waals surface area contributed by atoms with E-state index in [9.17, 15) is 0 Å². The minimum absolute atomic E-state index is 0.940. The van der Waals surface area contributed by atoms with E-state index in [0.29, 0.717) is 0 Å². The van der Waals surface area contributed by atoms with Crippen LogP contribution < -0.4 is 0 Å². The molecule has 0 spiro atoms. The Balaban J connectivity index is 1.48. The lowest BCUT2D eigenvalue weighted by Gasteiger charge is -1.95. The molecular weight excluding hydrogens is 310 g/mol. The van der Waals surface area contributed by atoms with Gasteiger partial charge in [-0.1, -0.05) is 42.5 Å². The van der Waals surface area contributed by atoms with E-state index in [1.165, 1.54) is 5.56 Å². The standard InChI is InChI=1S/C17H17N3S2/c1-20-11-15(10-18-20)17-19-16(13-22-17)12-21-9-5-8-14-6-3-2-4-7-14/h2-8,10-11,13H,9,12H2,1H3/b8-5+. The molecule has 0 aliphatic heterocycles. The number of nitrogens with zero attached hydrogens (tertiary/aromatic N) is 3. The van der Waals surface area contributed by atoms with E-state index >= 15 is 0 Å². The summed E-state index contributed by atoms with van der Waals surface area (Å²) in [5, 5.41) is 7.37. The monoisotopic (exact) mass is 327 g/mol. The number of hydrogen-bond acceptors (Lipinski definition) is 4. The normalized spacial score (nSPS) is 11.3. The van der Waals surface area contributed by atoms with Gasteiger partial charge in [0.05, 0.1) is 11.9 Å². The Morgan fingerprint density at radius 2 is 2.14 bits per heavy atom. The Kier molecular flexibility index (Phi) is 5.08. The highest BCUT2D eigenvalue weighted by Crippen LogP contribution is 2.24. The van der Waals surface area contributed by atoms with Gasteiger partial charge in [0.1, 0.15) is 5.01 Å². The van der Waals surface area contributed by atoms with Gasteiger partial charge in [0.2, 0.25) is 0 Å². The van der Waals surface area contributed by atoms with Crippen molar-refractivity contribution in [1.82, 2.24) is 14.8 Å². The van der Waals surface area contributed by atoms with E-state index in [0.717, 1.165) is 27.8 Å². The predicted molar refractivity (Wildman–Crippen MR) is 96.0 cm³/mol. The number of benzene rings is 1. The van der Waals surface area contributed by atoms with Crippen LogP contribution in [0.2, 0.25) is 0 Å². The third kappa shape index (κ3) is 4.08. The van der Waals surface area contributed by atoms with Gasteiger partial charge in [0.15, 0.2) is 0 Å². The van der Waals surface area contributed by atoms with E-state index in [1.54, 1.807) is 16.0 Å². The molecule has 0 aliphatic carbocycles. The number of thiazole rings is 1. The molecule has 0 amide bonds. The number of hydrogen-bond donors (Lipinski definition) is 0. The van der Waals surface area contributed by atoms with Crippen molar-refractivity contribution < 1.29 is 0 Å². The SMILES string of the molecule is Cn1cc(-c2nc(CSC/C=C/c3ccccc3)cs2)cn1. The van der Waals surface area contributed by atoms with Crippen molar-refractivity contribution in [2.45, 2.75) is 5.75 Å². The van der Waals surface area contributed by atoms with Crippen LogP contribution in [0.3, 0.4) is 0 Å². The number of aromatic nitrogens is 3. The zero-order valence-corrected chi connectivity index (χ0v) is 14.0. The maximum absolute atomic E-state index is 4.67. The molecule has 0 bridgehead atoms. The molecular formula is C17H17N3S2. The van der Waals surface area contributed by atoms with Crippen LogP contribution in [0.1, 0.15) is 11.3 Å². The lowest BCUT2D eigenvalue weighted by Crippen LogP contribution is -1.84. The first-order valence-electron chi connectivity index (χ1n) is 7.04. The molecule has 0 N–H and O–H groups in total. The van der Waals surface area contributed by atoms with Crippen molar-refractivity contribution in [3.05, 3.63) is 65.4 Å². The van der Waals surface area contributed by atoms with E-state index < -0.39 is 0 Å². The van der Waals surface area contributed by atoms with Crippen LogP contribution in [-0.2, 0) is 12.8 Å². The Bertz CT molecular complexity index is 744. The molecule has 1 aromatic carbocycles. The first-order valence-corrected chi connectivity index (χ1v) is 9.07. The molecule has 3 nitrogen and oxygen atoms in total. The second kappa shape index (κ2) is 7.42. The highest BCUT2D eigenvalue weighted by atomic mass is 32.2. The van der Waals surface area contributed by atoms with Crippen LogP contribution in [0.15, 0.2) is 54.2 Å². The number of rotatable bonds is 6. The molecule has 5 heteroatoms. The zero-order chi connectivity index (χ0) is 15.2. The van der Waals surface area contributed by atoms with Gasteiger partial charge >= 0.3 is 0 Å². The summed E-state index contributed by atoms with van der Waals surface area (Å²) >= 11 is 3.56. The Labute approximate surface area is 138 Å². The third-order valence-electron chi connectivity index (χ3n) is 3.08. The van der Waals surface area contributed by atoms with Crippen molar-refractivity contribution in [3.8, 4) is 10.6 Å². The molecule has 0 fully saturated rings. The van der Waals surface area contributed by atoms with Crippen molar-refractivity contribution in [2.75, 3.05) is 5.75 Å². The highest BCUT2D eigenvalue weighted by Gasteiger charge is 2.06. The minimum Gasteiger partial charge on any atom is -0.275 e. The van der Waals surface area contributed by atoms with Crippen LogP contribution in [-0.4, -0.2) is 20.5 Å². The molecule has 22 heavy (non-hydrogen) atoms. The van der Waals surface area contributed by atoms with Crippen LogP contribution in [0.25, 0.3) is 16.6 Å². The summed E-state index contributed by atoms with van der Waals surface area (Å²) in [7, 11) is 1.92. The van der Waals surface area contributed by atoms with E-state index in [2.05, 4.69) is 51.9 Å². The Hall–Kier alpha value is -1.85. The van der Waals surface area contributed by atoms with Gasteiger partial charge in [-0.2, -0.15) is 16.9 Å². The van der Waals surface area contributed by atoms with Crippen molar-refractivity contribution in [3.63, 3.8) is 0 Å². The summed E-state index contributed by atoms with van der Waals surface area (Å²) in [6, 6.07) is 10.4. The topological polar surface area (TPSA) is 30.7 Å². The number of thioether (sulfide) groups is 1. The van der Waals surface area contributed by atoms with Gasteiger partial charge in [0, 0.05) is 35.7 Å². The third-order valence-corrected chi connectivity index (χ3v) is 4.95. The molecule has 0 radical (unpaired) electrons. The summed E-state index contributed by atoms with van der Waals surface area (Å²) in [5.41, 5.74) is 3.48. The smallest absolute Gasteiger partial charge is 0.126 e. The highest BCUT2D eigenvalue weighted by molar-refractivity contribution is 7.98. The lowest BCUT2D eigenvalue weighted by molar-refractivity contribution is 0.768. The lowest BCUT2D eigenvalue weighted by atomic mass is 10.2. The van der Waals surface area contributed by atoms with E-state index in [4.69, 9.17) is 0 Å². The van der Waals surface area contributed by atoms with Gasteiger partial charge < -0.3 is 0 Å². The summed E-state index contributed by atoms with van der Waals surface area (Å²) in [5.74, 6) is 1.94. The summed E-state index contributed by atoms with van der Waals surface area (Å²) in [4.78, 5) is 4.67. The van der Waals surface area contributed by atoms with Crippen LogP contribution in [0.4, 0.5) is 0 Å². The quantitative estimate of drug-likeness (QED) is 0.625. The molecule has 0 atom stereocenters. The van der Waals surface area contributed by atoms with Crippen LogP contribution >= 0.6 is 23.1 Å². The van der Waals surface area contributed by atoms with E-state index in [1.807, 2.05) is 37.3 Å². The van der Waals surface area contributed by atoms with Crippen LogP contribution in [0, 0.1) is 0 Å². The maximum atomic E-state index is 4.67.